The summed E-state index contributed by atoms with van der Waals surface area (Å²) in [6.45, 7) is 5.12. The molecule has 0 saturated carbocycles. The lowest BCUT2D eigenvalue weighted by Crippen LogP contribution is -2.14. The van der Waals surface area contributed by atoms with Gasteiger partial charge in [-0.05, 0) is 30.7 Å². The molecule has 1 rings (SSSR count). The molecule has 14 heavy (non-hydrogen) atoms. The van der Waals surface area contributed by atoms with Crippen LogP contribution in [-0.2, 0) is 6.54 Å². The van der Waals surface area contributed by atoms with Gasteiger partial charge in [0.2, 0.25) is 0 Å². The molecule has 0 amide bonds. The maximum atomic E-state index is 13.0. The highest BCUT2D eigenvalue weighted by atomic mass is 35.5. The first kappa shape index (κ1) is 11.2. The van der Waals surface area contributed by atoms with Crippen molar-refractivity contribution in [3.05, 3.63) is 47.3 Å². The molecule has 1 aromatic rings. The fourth-order valence-electron chi connectivity index (χ4n) is 1.09. The molecule has 0 radical (unpaired) electrons. The molecule has 0 atom stereocenters. The largest absolute Gasteiger partial charge is 0.312 e. The van der Waals surface area contributed by atoms with Crippen LogP contribution in [0.4, 0.5) is 4.39 Å². The van der Waals surface area contributed by atoms with Crippen LogP contribution in [0.3, 0.4) is 0 Å². The quantitative estimate of drug-likeness (QED) is 0.585. The van der Waals surface area contributed by atoms with E-state index in [1.165, 1.54) is 6.07 Å². The lowest BCUT2D eigenvalue weighted by atomic mass is 10.2. The van der Waals surface area contributed by atoms with Crippen LogP contribution in [0.1, 0.15) is 12.0 Å². The summed E-state index contributed by atoms with van der Waals surface area (Å²) in [5, 5.41) is 3.33. The average Bonchev–Trinajstić information content (AvgIpc) is 2.18. The standard InChI is InChI=1S/C11H13ClFN/c1-2-3-6-14-8-9-4-5-10(12)11(13)7-9/h2,4-5,7,14H,1,3,6,8H2. The third-order valence-electron chi connectivity index (χ3n) is 1.84. The van der Waals surface area contributed by atoms with Gasteiger partial charge in [-0.2, -0.15) is 0 Å². The number of rotatable bonds is 5. The van der Waals surface area contributed by atoms with Gasteiger partial charge in [0.1, 0.15) is 5.82 Å². The van der Waals surface area contributed by atoms with Gasteiger partial charge in [0, 0.05) is 6.54 Å². The van der Waals surface area contributed by atoms with E-state index in [9.17, 15) is 4.39 Å². The second-order valence-electron chi connectivity index (χ2n) is 3.00. The van der Waals surface area contributed by atoms with Gasteiger partial charge in [-0.25, -0.2) is 4.39 Å². The van der Waals surface area contributed by atoms with E-state index in [4.69, 9.17) is 11.6 Å². The highest BCUT2D eigenvalue weighted by molar-refractivity contribution is 6.30. The molecular weight excluding hydrogens is 201 g/mol. The normalized spacial score (nSPS) is 10.1. The molecule has 0 aliphatic rings. The van der Waals surface area contributed by atoms with Gasteiger partial charge in [0.05, 0.1) is 5.02 Å². The minimum Gasteiger partial charge on any atom is -0.312 e. The fraction of sp³-hybridized carbons (Fsp3) is 0.273. The zero-order chi connectivity index (χ0) is 10.4. The first-order valence-electron chi connectivity index (χ1n) is 4.49. The first-order valence-corrected chi connectivity index (χ1v) is 4.87. The van der Waals surface area contributed by atoms with Crippen LogP contribution >= 0.6 is 11.6 Å². The van der Waals surface area contributed by atoms with Crippen molar-refractivity contribution < 1.29 is 4.39 Å². The molecular formula is C11H13ClFN. The predicted octanol–water partition coefficient (Wildman–Crippen LogP) is 3.14. The van der Waals surface area contributed by atoms with E-state index in [1.54, 1.807) is 6.07 Å². The number of hydrogen-bond donors (Lipinski definition) is 1. The zero-order valence-electron chi connectivity index (χ0n) is 7.89. The Morgan fingerprint density at radius 1 is 1.50 bits per heavy atom. The van der Waals surface area contributed by atoms with Gasteiger partial charge < -0.3 is 5.32 Å². The van der Waals surface area contributed by atoms with Crippen LogP contribution in [0, 0.1) is 5.82 Å². The Morgan fingerprint density at radius 2 is 2.29 bits per heavy atom. The summed E-state index contributed by atoms with van der Waals surface area (Å²) < 4.78 is 13.0. The summed E-state index contributed by atoms with van der Waals surface area (Å²) >= 11 is 5.56. The Kier molecular flexibility index (Phi) is 4.63. The summed E-state index contributed by atoms with van der Waals surface area (Å²) in [4.78, 5) is 0. The Labute approximate surface area is 88.6 Å². The van der Waals surface area contributed by atoms with E-state index in [1.807, 2.05) is 12.1 Å². The van der Waals surface area contributed by atoms with Crippen LogP contribution in [0.25, 0.3) is 0 Å². The van der Waals surface area contributed by atoms with E-state index in [2.05, 4.69) is 11.9 Å². The van der Waals surface area contributed by atoms with Crippen molar-refractivity contribution in [2.24, 2.45) is 0 Å². The van der Waals surface area contributed by atoms with E-state index >= 15 is 0 Å². The number of benzene rings is 1. The lowest BCUT2D eigenvalue weighted by molar-refractivity contribution is 0.621. The van der Waals surface area contributed by atoms with Gasteiger partial charge in [-0.1, -0.05) is 23.7 Å². The third kappa shape index (κ3) is 3.48. The number of hydrogen-bond acceptors (Lipinski definition) is 1. The average molecular weight is 214 g/mol. The van der Waals surface area contributed by atoms with Gasteiger partial charge in [-0.15, -0.1) is 6.58 Å². The Morgan fingerprint density at radius 3 is 2.93 bits per heavy atom. The topological polar surface area (TPSA) is 12.0 Å². The molecule has 0 heterocycles. The van der Waals surface area contributed by atoms with E-state index in [-0.39, 0.29) is 10.8 Å². The monoisotopic (exact) mass is 213 g/mol. The van der Waals surface area contributed by atoms with Gasteiger partial charge >= 0.3 is 0 Å². The van der Waals surface area contributed by atoms with Crippen LogP contribution < -0.4 is 5.32 Å². The van der Waals surface area contributed by atoms with Crippen LogP contribution in [0.5, 0.6) is 0 Å². The van der Waals surface area contributed by atoms with Crippen molar-refractivity contribution in [1.82, 2.24) is 5.32 Å². The molecule has 1 aromatic carbocycles. The molecule has 0 aromatic heterocycles. The SMILES string of the molecule is C=CCCNCc1ccc(Cl)c(F)c1. The van der Waals surface area contributed by atoms with Gasteiger partial charge in [-0.3, -0.25) is 0 Å². The maximum Gasteiger partial charge on any atom is 0.142 e. The Hall–Kier alpha value is -0.860. The van der Waals surface area contributed by atoms with E-state index in [0.717, 1.165) is 18.5 Å². The molecule has 1 nitrogen and oxygen atoms in total. The zero-order valence-corrected chi connectivity index (χ0v) is 8.65. The Bertz CT molecular complexity index is 312. The summed E-state index contributed by atoms with van der Waals surface area (Å²) in [7, 11) is 0. The Balaban J connectivity index is 2.43. The highest BCUT2D eigenvalue weighted by Gasteiger charge is 1.99. The number of nitrogens with one attached hydrogen (secondary N) is 1. The molecule has 0 saturated heterocycles. The van der Waals surface area contributed by atoms with Gasteiger partial charge in [0.15, 0.2) is 0 Å². The molecule has 0 aliphatic heterocycles. The van der Waals surface area contributed by atoms with Crippen molar-refractivity contribution in [3.8, 4) is 0 Å². The third-order valence-corrected chi connectivity index (χ3v) is 2.14. The fourth-order valence-corrected chi connectivity index (χ4v) is 1.20. The molecule has 0 aliphatic carbocycles. The number of halogens is 2. The second-order valence-corrected chi connectivity index (χ2v) is 3.41. The molecule has 76 valence electrons. The first-order chi connectivity index (χ1) is 6.74. The van der Waals surface area contributed by atoms with E-state index < -0.39 is 0 Å². The predicted molar refractivity (Wildman–Crippen MR) is 57.9 cm³/mol. The highest BCUT2D eigenvalue weighted by Crippen LogP contribution is 2.15. The summed E-state index contributed by atoms with van der Waals surface area (Å²) in [6, 6.07) is 4.83. The van der Waals surface area contributed by atoms with Crippen molar-refractivity contribution in [3.63, 3.8) is 0 Å². The molecule has 0 bridgehead atoms. The molecule has 1 N–H and O–H groups in total. The molecule has 3 heteroatoms. The smallest absolute Gasteiger partial charge is 0.142 e. The van der Waals surface area contributed by atoms with E-state index in [0.29, 0.717) is 6.54 Å². The second kappa shape index (κ2) is 5.78. The molecule has 0 unspecified atom stereocenters. The summed E-state index contributed by atoms with van der Waals surface area (Å²) in [5.41, 5.74) is 0.899. The summed E-state index contributed by atoms with van der Waals surface area (Å²) in [5.74, 6) is -0.366. The van der Waals surface area contributed by atoms with Gasteiger partial charge in [0.25, 0.3) is 0 Å². The summed E-state index contributed by atoms with van der Waals surface area (Å²) in [6.07, 6.45) is 2.76. The lowest BCUT2D eigenvalue weighted by Gasteiger charge is -2.03. The minimum atomic E-state index is -0.366. The maximum absolute atomic E-state index is 13.0. The molecule has 0 fully saturated rings. The van der Waals surface area contributed by atoms with Crippen LogP contribution in [0.15, 0.2) is 30.9 Å². The van der Waals surface area contributed by atoms with Crippen molar-refractivity contribution in [2.45, 2.75) is 13.0 Å². The molecule has 0 spiro atoms. The van der Waals surface area contributed by atoms with Crippen LogP contribution in [0.2, 0.25) is 5.02 Å². The van der Waals surface area contributed by atoms with Crippen LogP contribution in [-0.4, -0.2) is 6.54 Å². The minimum absolute atomic E-state index is 0.167. The van der Waals surface area contributed by atoms with Crippen molar-refractivity contribution >= 4 is 11.6 Å². The van der Waals surface area contributed by atoms with Crippen molar-refractivity contribution in [2.75, 3.05) is 6.54 Å². The van der Waals surface area contributed by atoms with Crippen molar-refractivity contribution in [1.29, 1.82) is 0 Å².